The van der Waals surface area contributed by atoms with Crippen molar-refractivity contribution in [2.24, 2.45) is 0 Å². The molecule has 0 spiro atoms. The number of nitrogens with one attached hydrogen (secondary N) is 1. The van der Waals surface area contributed by atoms with Crippen LogP contribution in [0.5, 0.6) is 0 Å². The van der Waals surface area contributed by atoms with Gasteiger partial charge >= 0.3 is 0 Å². The Morgan fingerprint density at radius 2 is 1.88 bits per heavy atom. The van der Waals surface area contributed by atoms with Crippen molar-refractivity contribution in [3.05, 3.63) is 47.8 Å². The first-order valence-corrected chi connectivity index (χ1v) is 9.94. The molecule has 1 aromatic carbocycles. The second-order valence-corrected chi connectivity index (χ2v) is 8.07. The summed E-state index contributed by atoms with van der Waals surface area (Å²) in [5.41, 5.74) is 0.192. The van der Waals surface area contributed by atoms with Gasteiger partial charge in [0, 0.05) is 37.8 Å². The van der Waals surface area contributed by atoms with Gasteiger partial charge in [0.1, 0.15) is 11.6 Å². The van der Waals surface area contributed by atoms with Gasteiger partial charge in [-0.05, 0) is 31.0 Å². The van der Waals surface area contributed by atoms with Crippen LogP contribution in [0.25, 0.3) is 0 Å². The maximum Gasteiger partial charge on any atom is 0.258 e. The Hall–Kier alpha value is -2.39. The minimum absolute atomic E-state index is 0.00686. The van der Waals surface area contributed by atoms with E-state index in [0.29, 0.717) is 19.0 Å². The highest BCUT2D eigenvalue weighted by Gasteiger charge is 2.20. The fourth-order valence-corrected chi connectivity index (χ4v) is 3.57. The van der Waals surface area contributed by atoms with E-state index in [9.17, 15) is 17.6 Å². The standard InChI is InChI=1S/C17H18FN3O4S/c1-26(23,24)15-8-13(18)2-3-14(15)21-17(22)12-9-19-16(20-10-12)11-4-6-25-7-5-11/h2-3,8-11H,4-7H2,1H3,(H,21,22). The van der Waals surface area contributed by atoms with Gasteiger partial charge in [-0.1, -0.05) is 0 Å². The van der Waals surface area contributed by atoms with Gasteiger partial charge in [-0.2, -0.15) is 0 Å². The molecule has 0 radical (unpaired) electrons. The fourth-order valence-electron chi connectivity index (χ4n) is 2.72. The monoisotopic (exact) mass is 379 g/mol. The Bertz CT molecular complexity index is 910. The van der Waals surface area contributed by atoms with E-state index in [1.54, 1.807) is 0 Å². The largest absolute Gasteiger partial charge is 0.381 e. The predicted octanol–water partition coefficient (Wildman–Crippen LogP) is 2.17. The number of hydrogen-bond acceptors (Lipinski definition) is 6. The lowest BCUT2D eigenvalue weighted by atomic mass is 9.99. The number of halogens is 1. The van der Waals surface area contributed by atoms with E-state index in [4.69, 9.17) is 4.74 Å². The number of carbonyl (C=O) groups is 1. The van der Waals surface area contributed by atoms with E-state index in [-0.39, 0.29) is 22.1 Å². The molecule has 138 valence electrons. The van der Waals surface area contributed by atoms with Crippen molar-refractivity contribution in [3.8, 4) is 0 Å². The van der Waals surface area contributed by atoms with Crippen LogP contribution in [-0.4, -0.2) is 43.8 Å². The second-order valence-electron chi connectivity index (χ2n) is 6.08. The molecule has 1 aliphatic rings. The summed E-state index contributed by atoms with van der Waals surface area (Å²) in [4.78, 5) is 20.6. The molecule has 0 aliphatic carbocycles. The second kappa shape index (κ2) is 7.46. The average Bonchev–Trinajstić information content (AvgIpc) is 2.63. The lowest BCUT2D eigenvalue weighted by Gasteiger charge is -2.20. The Morgan fingerprint density at radius 3 is 2.50 bits per heavy atom. The van der Waals surface area contributed by atoms with Gasteiger partial charge < -0.3 is 10.1 Å². The van der Waals surface area contributed by atoms with Gasteiger partial charge in [-0.25, -0.2) is 22.8 Å². The van der Waals surface area contributed by atoms with Crippen molar-refractivity contribution in [1.29, 1.82) is 0 Å². The van der Waals surface area contributed by atoms with Crippen LogP contribution in [0.4, 0.5) is 10.1 Å². The molecule has 1 fully saturated rings. The molecule has 0 saturated carbocycles. The molecule has 3 rings (SSSR count). The zero-order valence-electron chi connectivity index (χ0n) is 14.1. The summed E-state index contributed by atoms with van der Waals surface area (Å²) in [7, 11) is -3.70. The molecule has 26 heavy (non-hydrogen) atoms. The summed E-state index contributed by atoms with van der Waals surface area (Å²) >= 11 is 0. The van der Waals surface area contributed by atoms with Crippen LogP contribution < -0.4 is 5.32 Å². The third-order valence-electron chi connectivity index (χ3n) is 4.11. The molecular weight excluding hydrogens is 361 g/mol. The average molecular weight is 379 g/mol. The number of aromatic nitrogens is 2. The molecule has 0 unspecified atom stereocenters. The Morgan fingerprint density at radius 1 is 1.23 bits per heavy atom. The fraction of sp³-hybridized carbons (Fsp3) is 0.353. The number of carbonyl (C=O) groups excluding carboxylic acids is 1. The summed E-state index contributed by atoms with van der Waals surface area (Å²) in [6.07, 6.45) is 5.41. The summed E-state index contributed by atoms with van der Waals surface area (Å²) < 4.78 is 42.2. The van der Waals surface area contributed by atoms with Gasteiger partial charge in [-0.15, -0.1) is 0 Å². The first-order chi connectivity index (χ1) is 12.3. The van der Waals surface area contributed by atoms with Crippen LogP contribution in [0.15, 0.2) is 35.5 Å². The smallest absolute Gasteiger partial charge is 0.258 e. The Kier molecular flexibility index (Phi) is 5.28. The normalized spacial score (nSPS) is 15.6. The summed E-state index contributed by atoms with van der Waals surface area (Å²) in [6, 6.07) is 3.16. The topological polar surface area (TPSA) is 98.2 Å². The van der Waals surface area contributed by atoms with E-state index in [1.165, 1.54) is 18.5 Å². The van der Waals surface area contributed by atoms with E-state index in [0.717, 1.165) is 31.2 Å². The molecule has 0 bridgehead atoms. The highest BCUT2D eigenvalue weighted by Crippen LogP contribution is 2.25. The van der Waals surface area contributed by atoms with Crippen molar-refractivity contribution >= 4 is 21.4 Å². The third kappa shape index (κ3) is 4.23. The Balaban J connectivity index is 1.78. The van der Waals surface area contributed by atoms with E-state index in [1.807, 2.05) is 0 Å². The number of amides is 1. The van der Waals surface area contributed by atoms with Crippen molar-refractivity contribution in [1.82, 2.24) is 9.97 Å². The van der Waals surface area contributed by atoms with Crippen molar-refractivity contribution in [2.45, 2.75) is 23.7 Å². The number of rotatable bonds is 4. The highest BCUT2D eigenvalue weighted by atomic mass is 32.2. The number of anilines is 1. The number of benzene rings is 1. The van der Waals surface area contributed by atoms with Gasteiger partial charge in [0.05, 0.1) is 16.1 Å². The molecular formula is C17H18FN3O4S. The lowest BCUT2D eigenvalue weighted by Crippen LogP contribution is -2.18. The van der Waals surface area contributed by atoms with Gasteiger partial charge in [-0.3, -0.25) is 4.79 Å². The number of ether oxygens (including phenoxy) is 1. The summed E-state index contributed by atoms with van der Waals surface area (Å²) in [6.45, 7) is 1.32. The maximum absolute atomic E-state index is 13.4. The zero-order chi connectivity index (χ0) is 18.7. The molecule has 1 aliphatic heterocycles. The Labute approximate surface area is 150 Å². The van der Waals surface area contributed by atoms with Gasteiger partial charge in [0.15, 0.2) is 9.84 Å². The maximum atomic E-state index is 13.4. The van der Waals surface area contributed by atoms with Crippen molar-refractivity contribution < 1.29 is 22.3 Å². The predicted molar refractivity (Wildman–Crippen MR) is 92.3 cm³/mol. The van der Waals surface area contributed by atoms with Crippen LogP contribution in [-0.2, 0) is 14.6 Å². The number of hydrogen-bond donors (Lipinski definition) is 1. The minimum Gasteiger partial charge on any atom is -0.381 e. The number of nitrogens with zero attached hydrogens (tertiary/aromatic N) is 2. The molecule has 9 heteroatoms. The summed E-state index contributed by atoms with van der Waals surface area (Å²) in [5.74, 6) is -0.411. The zero-order valence-corrected chi connectivity index (χ0v) is 14.9. The SMILES string of the molecule is CS(=O)(=O)c1cc(F)ccc1NC(=O)c1cnc(C2CCOCC2)nc1. The van der Waals surface area contributed by atoms with Crippen LogP contribution >= 0.6 is 0 Å². The lowest BCUT2D eigenvalue weighted by molar-refractivity contribution is 0.0835. The van der Waals surface area contributed by atoms with Crippen LogP contribution in [0.3, 0.4) is 0 Å². The molecule has 7 nitrogen and oxygen atoms in total. The van der Waals surface area contributed by atoms with Crippen LogP contribution in [0.2, 0.25) is 0 Å². The van der Waals surface area contributed by atoms with Crippen molar-refractivity contribution in [2.75, 3.05) is 24.8 Å². The first kappa shape index (κ1) is 18.4. The third-order valence-corrected chi connectivity index (χ3v) is 5.25. The van der Waals surface area contributed by atoms with E-state index in [2.05, 4.69) is 15.3 Å². The van der Waals surface area contributed by atoms with Crippen molar-refractivity contribution in [3.63, 3.8) is 0 Å². The minimum atomic E-state index is -3.70. The van der Waals surface area contributed by atoms with Gasteiger partial charge in [0.25, 0.3) is 5.91 Å². The van der Waals surface area contributed by atoms with E-state index >= 15 is 0 Å². The molecule has 2 heterocycles. The molecule has 1 saturated heterocycles. The van der Waals surface area contributed by atoms with Crippen LogP contribution in [0.1, 0.15) is 34.9 Å². The molecule has 1 amide bonds. The highest BCUT2D eigenvalue weighted by molar-refractivity contribution is 7.90. The van der Waals surface area contributed by atoms with Crippen LogP contribution in [0, 0.1) is 5.82 Å². The van der Waals surface area contributed by atoms with Gasteiger partial charge in [0.2, 0.25) is 0 Å². The molecule has 0 atom stereocenters. The molecule has 1 N–H and O–H groups in total. The quantitative estimate of drug-likeness (QED) is 0.874. The summed E-state index contributed by atoms with van der Waals surface area (Å²) in [5, 5.41) is 2.47. The molecule has 2 aromatic rings. The number of sulfone groups is 1. The molecule has 1 aromatic heterocycles. The van der Waals surface area contributed by atoms with E-state index < -0.39 is 21.6 Å². The first-order valence-electron chi connectivity index (χ1n) is 8.05.